The summed E-state index contributed by atoms with van der Waals surface area (Å²) in [6.07, 6.45) is -0.347. The molecule has 0 unspecified atom stereocenters. The first-order valence-electron chi connectivity index (χ1n) is 8.30. The average Bonchev–Trinajstić information content (AvgIpc) is 2.86. The van der Waals surface area contributed by atoms with E-state index in [2.05, 4.69) is 25.7 Å². The number of amides is 2. The fourth-order valence-electron chi connectivity index (χ4n) is 2.06. The number of methoxy groups -OCH3 is 1. The summed E-state index contributed by atoms with van der Waals surface area (Å²) in [4.78, 5) is 35.5. The second kappa shape index (κ2) is 9.16. The largest absolute Gasteiger partial charge is 0.464 e. The van der Waals surface area contributed by atoms with Gasteiger partial charge in [0.25, 0.3) is 0 Å². The Labute approximate surface area is 152 Å². The molecule has 1 heterocycles. The molecule has 0 spiro atoms. The number of carbonyl (C=O) groups excluding carboxylic acids is 3. The van der Waals surface area contributed by atoms with Crippen molar-refractivity contribution in [1.82, 2.24) is 25.6 Å². The first-order valence-corrected chi connectivity index (χ1v) is 8.30. The van der Waals surface area contributed by atoms with Gasteiger partial charge in [-0.1, -0.05) is 5.21 Å². The van der Waals surface area contributed by atoms with E-state index in [9.17, 15) is 14.4 Å². The van der Waals surface area contributed by atoms with Crippen LogP contribution in [0.5, 0.6) is 0 Å². The standard InChI is InChI=1S/C16H27N5O5/c1-10(2)18-12(22)9-21-11(13(19-20-21)14(23)25-6)7-8-17-15(24)26-16(3,4)5/h10H,7-9H2,1-6H3,(H,17,24)(H,18,22). The second-order valence-electron chi connectivity index (χ2n) is 6.93. The van der Waals surface area contributed by atoms with Crippen molar-refractivity contribution in [1.29, 1.82) is 0 Å². The van der Waals surface area contributed by atoms with Crippen molar-refractivity contribution >= 4 is 18.0 Å². The highest BCUT2D eigenvalue weighted by Crippen LogP contribution is 2.09. The number of ether oxygens (including phenoxy) is 2. The van der Waals surface area contributed by atoms with Crippen molar-refractivity contribution in [2.75, 3.05) is 13.7 Å². The second-order valence-corrected chi connectivity index (χ2v) is 6.93. The lowest BCUT2D eigenvalue weighted by atomic mass is 10.2. The lowest BCUT2D eigenvalue weighted by Gasteiger charge is -2.19. The van der Waals surface area contributed by atoms with Crippen LogP contribution in [0.1, 0.15) is 50.8 Å². The summed E-state index contributed by atoms with van der Waals surface area (Å²) in [5, 5.41) is 13.0. The van der Waals surface area contributed by atoms with Gasteiger partial charge in [0.1, 0.15) is 12.1 Å². The molecule has 0 fully saturated rings. The molecule has 0 atom stereocenters. The molecule has 26 heavy (non-hydrogen) atoms. The fourth-order valence-corrected chi connectivity index (χ4v) is 2.06. The van der Waals surface area contributed by atoms with E-state index >= 15 is 0 Å². The number of carbonyl (C=O) groups is 3. The number of alkyl carbamates (subject to hydrolysis) is 1. The maximum Gasteiger partial charge on any atom is 0.407 e. The van der Waals surface area contributed by atoms with Crippen molar-refractivity contribution in [3.63, 3.8) is 0 Å². The maximum atomic E-state index is 12.0. The van der Waals surface area contributed by atoms with Gasteiger partial charge < -0.3 is 20.1 Å². The van der Waals surface area contributed by atoms with Gasteiger partial charge in [-0.05, 0) is 34.6 Å². The highest BCUT2D eigenvalue weighted by Gasteiger charge is 2.22. The molecule has 2 N–H and O–H groups in total. The summed E-state index contributed by atoms with van der Waals surface area (Å²) < 4.78 is 11.2. The molecule has 0 aliphatic heterocycles. The van der Waals surface area contributed by atoms with Crippen LogP contribution < -0.4 is 10.6 Å². The first kappa shape index (κ1) is 21.4. The third-order valence-electron chi connectivity index (χ3n) is 2.99. The van der Waals surface area contributed by atoms with E-state index < -0.39 is 17.7 Å². The van der Waals surface area contributed by atoms with Gasteiger partial charge in [0, 0.05) is 19.0 Å². The summed E-state index contributed by atoms with van der Waals surface area (Å²) in [5.41, 5.74) is -0.206. The van der Waals surface area contributed by atoms with E-state index in [0.717, 1.165) is 0 Å². The van der Waals surface area contributed by atoms with Crippen LogP contribution in [-0.2, 0) is 27.2 Å². The van der Waals surface area contributed by atoms with Gasteiger partial charge in [0.15, 0.2) is 5.69 Å². The Balaban J connectivity index is 2.82. The number of esters is 1. The van der Waals surface area contributed by atoms with Crippen LogP contribution in [0.3, 0.4) is 0 Å². The van der Waals surface area contributed by atoms with Gasteiger partial charge in [-0.2, -0.15) is 0 Å². The molecule has 1 rings (SSSR count). The molecule has 0 radical (unpaired) electrons. The maximum absolute atomic E-state index is 12.0. The van der Waals surface area contributed by atoms with E-state index in [1.54, 1.807) is 20.8 Å². The van der Waals surface area contributed by atoms with Crippen LogP contribution in [0, 0.1) is 0 Å². The number of nitrogens with zero attached hydrogens (tertiary/aromatic N) is 3. The summed E-state index contributed by atoms with van der Waals surface area (Å²) in [6, 6.07) is -0.0246. The zero-order valence-corrected chi connectivity index (χ0v) is 16.1. The van der Waals surface area contributed by atoms with E-state index in [1.807, 2.05) is 13.8 Å². The normalized spacial score (nSPS) is 11.2. The average molecular weight is 369 g/mol. The van der Waals surface area contributed by atoms with E-state index in [4.69, 9.17) is 4.74 Å². The molecule has 1 aromatic rings. The first-order chi connectivity index (χ1) is 12.0. The van der Waals surface area contributed by atoms with Crippen molar-refractivity contribution in [3.8, 4) is 0 Å². The lowest BCUT2D eigenvalue weighted by molar-refractivity contribution is -0.122. The number of hydrogen-bond acceptors (Lipinski definition) is 7. The molecule has 10 heteroatoms. The summed E-state index contributed by atoms with van der Waals surface area (Å²) in [6.45, 7) is 9.04. The van der Waals surface area contributed by atoms with Gasteiger partial charge in [0.2, 0.25) is 5.91 Å². The van der Waals surface area contributed by atoms with Crippen molar-refractivity contribution < 1.29 is 23.9 Å². The summed E-state index contributed by atoms with van der Waals surface area (Å²) >= 11 is 0. The third kappa shape index (κ3) is 7.08. The summed E-state index contributed by atoms with van der Waals surface area (Å²) in [5.74, 6) is -0.921. The molecule has 0 aromatic carbocycles. The van der Waals surface area contributed by atoms with Crippen LogP contribution in [0.25, 0.3) is 0 Å². The van der Waals surface area contributed by atoms with Crippen LogP contribution in [-0.4, -0.2) is 58.3 Å². The summed E-state index contributed by atoms with van der Waals surface area (Å²) in [7, 11) is 1.23. The van der Waals surface area contributed by atoms with Gasteiger partial charge in [-0.25, -0.2) is 14.3 Å². The number of rotatable bonds is 7. The van der Waals surface area contributed by atoms with E-state index in [0.29, 0.717) is 5.69 Å². The molecule has 0 aliphatic rings. The Morgan fingerprint density at radius 3 is 2.42 bits per heavy atom. The molecule has 0 saturated carbocycles. The zero-order chi connectivity index (χ0) is 19.9. The molecule has 146 valence electrons. The lowest BCUT2D eigenvalue weighted by Crippen LogP contribution is -2.35. The minimum Gasteiger partial charge on any atom is -0.464 e. The molecule has 0 saturated heterocycles. The van der Waals surface area contributed by atoms with Crippen molar-refractivity contribution in [2.45, 2.75) is 59.2 Å². The van der Waals surface area contributed by atoms with Gasteiger partial charge in [-0.15, -0.1) is 5.10 Å². The van der Waals surface area contributed by atoms with E-state index in [-0.39, 0.29) is 37.2 Å². The Bertz CT molecular complexity index is 648. The predicted molar refractivity (Wildman–Crippen MR) is 92.6 cm³/mol. The fraction of sp³-hybridized carbons (Fsp3) is 0.688. The molecular weight excluding hydrogens is 342 g/mol. The smallest absolute Gasteiger partial charge is 0.407 e. The monoisotopic (exact) mass is 369 g/mol. The van der Waals surface area contributed by atoms with Gasteiger partial charge in [-0.3, -0.25) is 4.79 Å². The van der Waals surface area contributed by atoms with Crippen molar-refractivity contribution in [2.24, 2.45) is 0 Å². The zero-order valence-electron chi connectivity index (χ0n) is 16.1. The predicted octanol–water partition coefficient (Wildman–Crippen LogP) is 0.656. The Kier molecular flexibility index (Phi) is 7.54. The molecule has 10 nitrogen and oxygen atoms in total. The molecule has 1 aromatic heterocycles. The molecule has 0 aliphatic carbocycles. The van der Waals surface area contributed by atoms with Crippen molar-refractivity contribution in [3.05, 3.63) is 11.4 Å². The Hall–Kier alpha value is -2.65. The molecule has 2 amide bonds. The number of nitrogens with one attached hydrogen (secondary N) is 2. The Morgan fingerprint density at radius 1 is 1.23 bits per heavy atom. The minimum absolute atomic E-state index is 0.0100. The van der Waals surface area contributed by atoms with Crippen LogP contribution >= 0.6 is 0 Å². The highest BCUT2D eigenvalue weighted by molar-refractivity contribution is 5.88. The van der Waals surface area contributed by atoms with Gasteiger partial charge in [0.05, 0.1) is 12.8 Å². The van der Waals surface area contributed by atoms with Crippen LogP contribution in [0.2, 0.25) is 0 Å². The topological polar surface area (TPSA) is 124 Å². The van der Waals surface area contributed by atoms with Crippen LogP contribution in [0.4, 0.5) is 4.79 Å². The number of hydrogen-bond donors (Lipinski definition) is 2. The highest BCUT2D eigenvalue weighted by atomic mass is 16.6. The molecule has 0 bridgehead atoms. The van der Waals surface area contributed by atoms with E-state index in [1.165, 1.54) is 11.8 Å². The SMILES string of the molecule is COC(=O)c1nnn(CC(=O)NC(C)C)c1CCNC(=O)OC(C)(C)C. The van der Waals surface area contributed by atoms with Gasteiger partial charge >= 0.3 is 12.1 Å². The van der Waals surface area contributed by atoms with Crippen LogP contribution in [0.15, 0.2) is 0 Å². The molecular formula is C16H27N5O5. The Morgan fingerprint density at radius 2 is 1.88 bits per heavy atom. The third-order valence-corrected chi connectivity index (χ3v) is 2.99. The number of aromatic nitrogens is 3. The quantitative estimate of drug-likeness (QED) is 0.676. The minimum atomic E-state index is -0.659.